The molecule has 0 bridgehead atoms. The van der Waals surface area contributed by atoms with Gasteiger partial charge in [0.25, 0.3) is 0 Å². The highest BCUT2D eigenvalue weighted by Gasteiger charge is 2.17. The van der Waals surface area contributed by atoms with E-state index in [4.69, 9.17) is 22.1 Å². The Balaban J connectivity index is 3.06. The average Bonchev–Trinajstić information content (AvgIpc) is 2.27. The van der Waals surface area contributed by atoms with Crippen LogP contribution < -0.4 is 5.73 Å². The number of carbonyl (C=O) groups is 1. The zero-order chi connectivity index (χ0) is 10.0. The van der Waals surface area contributed by atoms with Crippen molar-refractivity contribution in [3.8, 4) is 0 Å². The number of hydrogen-bond donors (Lipinski definition) is 1. The van der Waals surface area contributed by atoms with E-state index in [1.165, 1.54) is 0 Å². The number of rotatable bonds is 2. The molecule has 1 rings (SSSR count). The first-order valence-electron chi connectivity index (χ1n) is 3.85. The number of esters is 1. The first kappa shape index (κ1) is 9.92. The van der Waals surface area contributed by atoms with E-state index >= 15 is 0 Å². The number of carbonyl (C=O) groups excluding carboxylic acids is 1. The predicted molar refractivity (Wildman–Crippen MR) is 50.8 cm³/mol. The largest absolute Gasteiger partial charge is 0.461 e. The first-order valence-corrected chi connectivity index (χ1v) is 4.23. The number of aryl methyl sites for hydroxylation is 1. The lowest BCUT2D eigenvalue weighted by atomic mass is 10.4. The molecule has 0 saturated carbocycles. The summed E-state index contributed by atoms with van der Waals surface area (Å²) in [6.45, 7) is 2.06. The molecule has 0 radical (unpaired) electrons. The molecule has 5 heteroatoms. The van der Waals surface area contributed by atoms with Gasteiger partial charge in [0.1, 0.15) is 0 Å². The van der Waals surface area contributed by atoms with Crippen molar-refractivity contribution in [2.24, 2.45) is 7.05 Å². The molecule has 0 aliphatic rings. The van der Waals surface area contributed by atoms with Gasteiger partial charge < -0.3 is 15.0 Å². The number of nitrogen functional groups attached to an aromatic ring is 1. The van der Waals surface area contributed by atoms with Gasteiger partial charge in [-0.25, -0.2) is 4.79 Å². The van der Waals surface area contributed by atoms with Gasteiger partial charge in [-0.2, -0.15) is 0 Å². The number of aromatic nitrogens is 1. The van der Waals surface area contributed by atoms with E-state index in [-0.39, 0.29) is 5.69 Å². The molecule has 1 heterocycles. The van der Waals surface area contributed by atoms with Gasteiger partial charge in [0.15, 0.2) is 5.69 Å². The molecule has 0 atom stereocenters. The number of hydrogen-bond acceptors (Lipinski definition) is 3. The summed E-state index contributed by atoms with van der Waals surface area (Å²) in [6.07, 6.45) is 1.57. The van der Waals surface area contributed by atoms with Crippen molar-refractivity contribution in [2.45, 2.75) is 6.92 Å². The van der Waals surface area contributed by atoms with Crippen molar-refractivity contribution >= 4 is 23.3 Å². The van der Waals surface area contributed by atoms with E-state index in [0.29, 0.717) is 17.3 Å². The quantitative estimate of drug-likeness (QED) is 0.739. The fourth-order valence-corrected chi connectivity index (χ4v) is 1.30. The molecule has 0 aliphatic heterocycles. The lowest BCUT2D eigenvalue weighted by Gasteiger charge is -2.03. The summed E-state index contributed by atoms with van der Waals surface area (Å²) in [4.78, 5) is 11.3. The molecular weight excluding hydrogens is 192 g/mol. The molecule has 1 aromatic rings. The van der Waals surface area contributed by atoms with Crippen molar-refractivity contribution in [1.82, 2.24) is 4.57 Å². The van der Waals surface area contributed by atoms with E-state index in [0.717, 1.165) is 0 Å². The van der Waals surface area contributed by atoms with Crippen molar-refractivity contribution in [1.29, 1.82) is 0 Å². The Bertz CT molecular complexity index is 333. The van der Waals surface area contributed by atoms with Crippen LogP contribution in [-0.2, 0) is 11.8 Å². The number of ether oxygens (including phenoxy) is 1. The molecule has 72 valence electrons. The Morgan fingerprint density at radius 3 is 2.77 bits per heavy atom. The normalized spacial score (nSPS) is 10.1. The fourth-order valence-electron chi connectivity index (χ4n) is 1.06. The van der Waals surface area contributed by atoms with E-state index in [1.54, 1.807) is 24.7 Å². The minimum absolute atomic E-state index is 0.266. The van der Waals surface area contributed by atoms with Gasteiger partial charge in [-0.1, -0.05) is 11.6 Å². The van der Waals surface area contributed by atoms with E-state index in [2.05, 4.69) is 0 Å². The summed E-state index contributed by atoms with van der Waals surface area (Å²) in [7, 11) is 1.69. The minimum atomic E-state index is -0.450. The Morgan fingerprint density at radius 2 is 2.38 bits per heavy atom. The third kappa shape index (κ3) is 1.78. The molecule has 13 heavy (non-hydrogen) atoms. The van der Waals surface area contributed by atoms with Crippen molar-refractivity contribution in [3.05, 3.63) is 16.9 Å². The summed E-state index contributed by atoms with van der Waals surface area (Å²) >= 11 is 5.73. The van der Waals surface area contributed by atoms with Gasteiger partial charge in [0, 0.05) is 13.2 Å². The fraction of sp³-hybridized carbons (Fsp3) is 0.375. The summed E-state index contributed by atoms with van der Waals surface area (Å²) < 4.78 is 6.36. The molecule has 2 N–H and O–H groups in total. The highest BCUT2D eigenvalue weighted by Crippen LogP contribution is 2.24. The third-order valence-corrected chi connectivity index (χ3v) is 1.94. The second kappa shape index (κ2) is 3.70. The maximum absolute atomic E-state index is 11.3. The summed E-state index contributed by atoms with van der Waals surface area (Å²) in [5, 5.41) is 0.366. The molecule has 0 saturated heterocycles. The lowest BCUT2D eigenvalue weighted by molar-refractivity contribution is 0.0516. The molecular formula is C8H11ClN2O2. The lowest BCUT2D eigenvalue weighted by Crippen LogP contribution is -2.11. The van der Waals surface area contributed by atoms with Gasteiger partial charge in [-0.15, -0.1) is 0 Å². The standard InChI is InChI=1S/C8H11ClN2O2/c1-3-13-8(12)7-6(10)5(9)4-11(7)2/h4H,3,10H2,1-2H3. The van der Waals surface area contributed by atoms with Crippen LogP contribution in [0, 0.1) is 0 Å². The van der Waals surface area contributed by atoms with Crippen LogP contribution >= 0.6 is 11.6 Å². The molecule has 0 unspecified atom stereocenters. The average molecular weight is 203 g/mol. The first-order chi connectivity index (χ1) is 6.07. The Kier molecular flexibility index (Phi) is 2.83. The molecule has 0 aromatic carbocycles. The van der Waals surface area contributed by atoms with Crippen LogP contribution in [0.3, 0.4) is 0 Å². The van der Waals surface area contributed by atoms with E-state index in [9.17, 15) is 4.79 Å². The number of nitrogens with two attached hydrogens (primary N) is 1. The second-order valence-electron chi connectivity index (χ2n) is 2.57. The van der Waals surface area contributed by atoms with E-state index < -0.39 is 5.97 Å². The Labute approximate surface area is 81.2 Å². The monoisotopic (exact) mass is 202 g/mol. The highest BCUT2D eigenvalue weighted by atomic mass is 35.5. The maximum atomic E-state index is 11.3. The highest BCUT2D eigenvalue weighted by molar-refractivity contribution is 6.33. The van der Waals surface area contributed by atoms with Crippen molar-refractivity contribution < 1.29 is 9.53 Å². The molecule has 4 nitrogen and oxygen atoms in total. The molecule has 1 aromatic heterocycles. The van der Waals surface area contributed by atoms with Crippen LogP contribution in [0.4, 0.5) is 5.69 Å². The van der Waals surface area contributed by atoms with Gasteiger partial charge >= 0.3 is 5.97 Å². The smallest absolute Gasteiger partial charge is 0.357 e. The maximum Gasteiger partial charge on any atom is 0.357 e. The number of halogens is 1. The van der Waals surface area contributed by atoms with Crippen LogP contribution in [0.5, 0.6) is 0 Å². The number of nitrogens with zero attached hydrogens (tertiary/aromatic N) is 1. The molecule has 0 spiro atoms. The molecule has 0 fully saturated rings. The Morgan fingerprint density at radius 1 is 1.77 bits per heavy atom. The zero-order valence-corrected chi connectivity index (χ0v) is 8.26. The minimum Gasteiger partial charge on any atom is -0.461 e. The summed E-state index contributed by atoms with van der Waals surface area (Å²) in [5.74, 6) is -0.450. The van der Waals surface area contributed by atoms with Crippen LogP contribution in [0.25, 0.3) is 0 Å². The Hall–Kier alpha value is -1.16. The topological polar surface area (TPSA) is 57.2 Å². The van der Waals surface area contributed by atoms with Gasteiger partial charge in [-0.3, -0.25) is 0 Å². The number of anilines is 1. The van der Waals surface area contributed by atoms with Gasteiger partial charge in [0.2, 0.25) is 0 Å². The van der Waals surface area contributed by atoms with Gasteiger partial charge in [-0.05, 0) is 6.92 Å². The van der Waals surface area contributed by atoms with E-state index in [1.807, 2.05) is 0 Å². The van der Waals surface area contributed by atoms with Crippen LogP contribution in [0.2, 0.25) is 5.02 Å². The van der Waals surface area contributed by atoms with Crippen LogP contribution in [0.15, 0.2) is 6.20 Å². The van der Waals surface area contributed by atoms with Crippen molar-refractivity contribution in [3.63, 3.8) is 0 Å². The van der Waals surface area contributed by atoms with Crippen molar-refractivity contribution in [2.75, 3.05) is 12.3 Å². The van der Waals surface area contributed by atoms with Crippen LogP contribution in [0.1, 0.15) is 17.4 Å². The third-order valence-electron chi connectivity index (χ3n) is 1.64. The predicted octanol–water partition coefficient (Wildman–Crippen LogP) is 1.44. The van der Waals surface area contributed by atoms with Gasteiger partial charge in [0.05, 0.1) is 17.3 Å². The SMILES string of the molecule is CCOC(=O)c1c(N)c(Cl)cn1C. The van der Waals surface area contributed by atoms with Crippen LogP contribution in [-0.4, -0.2) is 17.1 Å². The zero-order valence-electron chi connectivity index (χ0n) is 7.50. The molecule has 0 aliphatic carbocycles. The summed E-state index contributed by atoms with van der Waals surface area (Å²) in [5.41, 5.74) is 6.15. The second-order valence-corrected chi connectivity index (χ2v) is 2.98. The summed E-state index contributed by atoms with van der Waals surface area (Å²) in [6, 6.07) is 0. The molecule has 0 amide bonds.